The van der Waals surface area contributed by atoms with E-state index in [1.165, 1.54) is 19.3 Å². The highest BCUT2D eigenvalue weighted by Crippen LogP contribution is 2.10. The van der Waals surface area contributed by atoms with Crippen molar-refractivity contribution in [3.63, 3.8) is 0 Å². The number of carboxylic acid groups (broad SMARTS) is 1. The van der Waals surface area contributed by atoms with Crippen LogP contribution in [-0.2, 0) is 4.79 Å². The van der Waals surface area contributed by atoms with Gasteiger partial charge < -0.3 is 9.52 Å². The van der Waals surface area contributed by atoms with Crippen molar-refractivity contribution < 1.29 is 14.3 Å². The van der Waals surface area contributed by atoms with Crippen LogP contribution in [0.2, 0.25) is 0 Å². The Labute approximate surface area is 109 Å². The van der Waals surface area contributed by atoms with Gasteiger partial charge in [0.25, 0.3) is 0 Å². The van der Waals surface area contributed by atoms with Gasteiger partial charge in [0.15, 0.2) is 0 Å². The Hall–Kier alpha value is -1.51. The molecule has 0 aliphatic rings. The van der Waals surface area contributed by atoms with E-state index in [4.69, 9.17) is 9.52 Å². The molecule has 0 saturated carbocycles. The van der Waals surface area contributed by atoms with E-state index in [-0.39, 0.29) is 0 Å². The molecular weight excluding hydrogens is 228 g/mol. The van der Waals surface area contributed by atoms with E-state index >= 15 is 0 Å². The molecule has 1 aromatic heterocycles. The first kappa shape index (κ1) is 14.6. The van der Waals surface area contributed by atoms with Gasteiger partial charge in [-0.05, 0) is 37.5 Å². The molecule has 0 atom stereocenters. The van der Waals surface area contributed by atoms with Gasteiger partial charge in [-0.3, -0.25) is 4.79 Å². The Balaban J connectivity index is 1.85. The summed E-state index contributed by atoms with van der Waals surface area (Å²) in [6, 6.07) is 3.83. The van der Waals surface area contributed by atoms with Crippen LogP contribution in [0.4, 0.5) is 0 Å². The van der Waals surface area contributed by atoms with Crippen molar-refractivity contribution in [3.8, 4) is 0 Å². The summed E-state index contributed by atoms with van der Waals surface area (Å²) in [6.45, 7) is 0. The van der Waals surface area contributed by atoms with Crippen LogP contribution in [-0.4, -0.2) is 11.1 Å². The van der Waals surface area contributed by atoms with Crippen molar-refractivity contribution in [1.82, 2.24) is 0 Å². The fraction of sp³-hybridized carbons (Fsp3) is 0.533. The monoisotopic (exact) mass is 250 g/mol. The molecule has 0 bridgehead atoms. The quantitative estimate of drug-likeness (QED) is 0.622. The molecule has 0 spiro atoms. The van der Waals surface area contributed by atoms with Gasteiger partial charge in [0.05, 0.1) is 6.26 Å². The number of furan rings is 1. The zero-order chi connectivity index (χ0) is 13.1. The molecule has 18 heavy (non-hydrogen) atoms. The Kier molecular flexibility index (Phi) is 7.69. The number of unbranched alkanes of at least 4 members (excludes halogenated alkanes) is 6. The second-order valence-corrected chi connectivity index (χ2v) is 4.47. The van der Waals surface area contributed by atoms with Gasteiger partial charge in [-0.25, -0.2) is 0 Å². The number of rotatable bonds is 10. The molecule has 100 valence electrons. The summed E-state index contributed by atoms with van der Waals surface area (Å²) >= 11 is 0. The molecule has 1 heterocycles. The van der Waals surface area contributed by atoms with Crippen LogP contribution in [0, 0.1) is 0 Å². The van der Waals surface area contributed by atoms with Crippen molar-refractivity contribution in [1.29, 1.82) is 0 Å². The van der Waals surface area contributed by atoms with Gasteiger partial charge in [0.2, 0.25) is 0 Å². The molecule has 0 aliphatic carbocycles. The van der Waals surface area contributed by atoms with Crippen LogP contribution in [0.5, 0.6) is 0 Å². The second-order valence-electron chi connectivity index (χ2n) is 4.47. The summed E-state index contributed by atoms with van der Waals surface area (Å²) in [6.07, 6.45) is 13.8. The van der Waals surface area contributed by atoms with Crippen LogP contribution < -0.4 is 0 Å². The molecule has 0 radical (unpaired) electrons. The van der Waals surface area contributed by atoms with Crippen LogP contribution >= 0.6 is 0 Å². The molecule has 0 saturated heterocycles. The van der Waals surface area contributed by atoms with Gasteiger partial charge >= 0.3 is 5.97 Å². The first-order chi connectivity index (χ1) is 8.79. The predicted octanol–water partition coefficient (Wildman–Crippen LogP) is 4.50. The third-order valence-electron chi connectivity index (χ3n) is 2.84. The number of hydrogen-bond donors (Lipinski definition) is 1. The van der Waals surface area contributed by atoms with Gasteiger partial charge in [-0.1, -0.05) is 31.8 Å². The molecule has 3 nitrogen and oxygen atoms in total. The van der Waals surface area contributed by atoms with Crippen LogP contribution in [0.3, 0.4) is 0 Å². The molecule has 1 rings (SSSR count). The minimum atomic E-state index is -0.682. The standard InChI is InChI=1S/C15H22O3/c16-15(17)12-8-6-4-2-1-3-5-7-10-14-11-9-13-18-14/h7,9-11,13H,1-6,8,12H2,(H,16,17)/b10-7+. The lowest BCUT2D eigenvalue weighted by atomic mass is 10.1. The summed E-state index contributed by atoms with van der Waals surface area (Å²) in [5.74, 6) is 0.224. The summed E-state index contributed by atoms with van der Waals surface area (Å²) < 4.78 is 5.19. The summed E-state index contributed by atoms with van der Waals surface area (Å²) in [5.41, 5.74) is 0. The van der Waals surface area contributed by atoms with Crippen LogP contribution in [0.15, 0.2) is 28.9 Å². The van der Waals surface area contributed by atoms with Gasteiger partial charge in [0, 0.05) is 6.42 Å². The fourth-order valence-corrected chi connectivity index (χ4v) is 1.83. The lowest BCUT2D eigenvalue weighted by molar-refractivity contribution is -0.137. The van der Waals surface area contributed by atoms with E-state index in [2.05, 4.69) is 6.08 Å². The molecule has 1 N–H and O–H groups in total. The topological polar surface area (TPSA) is 50.4 Å². The minimum absolute atomic E-state index is 0.311. The second kappa shape index (κ2) is 9.51. The smallest absolute Gasteiger partial charge is 0.303 e. The lowest BCUT2D eigenvalue weighted by Crippen LogP contribution is -1.93. The van der Waals surface area contributed by atoms with Crippen molar-refractivity contribution in [3.05, 3.63) is 30.2 Å². The van der Waals surface area contributed by atoms with E-state index in [1.54, 1.807) is 6.26 Å². The Bertz CT molecular complexity index is 339. The fourth-order valence-electron chi connectivity index (χ4n) is 1.83. The first-order valence-electron chi connectivity index (χ1n) is 6.71. The predicted molar refractivity (Wildman–Crippen MR) is 72.3 cm³/mol. The summed E-state index contributed by atoms with van der Waals surface area (Å²) in [7, 11) is 0. The zero-order valence-corrected chi connectivity index (χ0v) is 10.8. The highest BCUT2D eigenvalue weighted by atomic mass is 16.4. The number of hydrogen-bond acceptors (Lipinski definition) is 2. The molecule has 0 aromatic carbocycles. The Morgan fingerprint density at radius 3 is 2.56 bits per heavy atom. The van der Waals surface area contributed by atoms with E-state index in [9.17, 15) is 4.79 Å². The number of carbonyl (C=O) groups is 1. The van der Waals surface area contributed by atoms with Crippen molar-refractivity contribution in [2.24, 2.45) is 0 Å². The molecule has 0 aliphatic heterocycles. The largest absolute Gasteiger partial charge is 0.481 e. The maximum atomic E-state index is 10.3. The van der Waals surface area contributed by atoms with Crippen molar-refractivity contribution in [2.45, 2.75) is 51.4 Å². The van der Waals surface area contributed by atoms with Crippen molar-refractivity contribution >= 4 is 12.0 Å². The van der Waals surface area contributed by atoms with E-state index in [1.807, 2.05) is 18.2 Å². The normalized spacial score (nSPS) is 11.1. The van der Waals surface area contributed by atoms with Crippen LogP contribution in [0.25, 0.3) is 6.08 Å². The first-order valence-corrected chi connectivity index (χ1v) is 6.71. The van der Waals surface area contributed by atoms with Gasteiger partial charge in [-0.2, -0.15) is 0 Å². The number of aliphatic carboxylic acids is 1. The zero-order valence-electron chi connectivity index (χ0n) is 10.8. The van der Waals surface area contributed by atoms with Gasteiger partial charge in [0.1, 0.15) is 5.76 Å². The molecule has 0 fully saturated rings. The average Bonchev–Trinajstić information content (AvgIpc) is 2.84. The van der Waals surface area contributed by atoms with E-state index < -0.39 is 5.97 Å². The summed E-state index contributed by atoms with van der Waals surface area (Å²) in [5, 5.41) is 8.48. The van der Waals surface area contributed by atoms with Crippen molar-refractivity contribution in [2.75, 3.05) is 0 Å². The number of carboxylic acids is 1. The number of allylic oxidation sites excluding steroid dienone is 1. The third kappa shape index (κ3) is 7.71. The minimum Gasteiger partial charge on any atom is -0.481 e. The molecule has 3 heteroatoms. The average molecular weight is 250 g/mol. The Morgan fingerprint density at radius 2 is 1.89 bits per heavy atom. The maximum absolute atomic E-state index is 10.3. The SMILES string of the molecule is O=C(O)CCCCCCCC/C=C/c1ccco1. The highest BCUT2D eigenvalue weighted by molar-refractivity contribution is 5.66. The van der Waals surface area contributed by atoms with Crippen LogP contribution in [0.1, 0.15) is 57.1 Å². The molecule has 0 unspecified atom stereocenters. The van der Waals surface area contributed by atoms with E-state index in [0.717, 1.165) is 31.4 Å². The maximum Gasteiger partial charge on any atom is 0.303 e. The van der Waals surface area contributed by atoms with E-state index in [0.29, 0.717) is 6.42 Å². The summed E-state index contributed by atoms with van der Waals surface area (Å²) in [4.78, 5) is 10.3. The highest BCUT2D eigenvalue weighted by Gasteiger charge is 1.96. The molecular formula is C15H22O3. The Morgan fingerprint density at radius 1 is 1.17 bits per heavy atom. The lowest BCUT2D eigenvalue weighted by Gasteiger charge is -1.99. The third-order valence-corrected chi connectivity index (χ3v) is 2.84. The molecule has 1 aromatic rings. The van der Waals surface area contributed by atoms with Gasteiger partial charge in [-0.15, -0.1) is 0 Å². The molecule has 0 amide bonds.